The molecule has 2 amide bonds. The number of carbonyl (C=O) groups is 3. The Morgan fingerprint density at radius 3 is 1.59 bits per heavy atom. The number of nitrogens with zero attached hydrogens (tertiary/aromatic N) is 1. The molecule has 5 heteroatoms. The van der Waals surface area contributed by atoms with Gasteiger partial charge in [-0.2, -0.15) is 0 Å². The lowest BCUT2D eigenvalue weighted by Crippen LogP contribution is -2.41. The molecule has 1 saturated heterocycles. The van der Waals surface area contributed by atoms with Gasteiger partial charge in [0.25, 0.3) is 0 Å². The maximum absolute atomic E-state index is 13.5. The second kappa shape index (κ2) is 7.16. The maximum atomic E-state index is 13.5. The van der Waals surface area contributed by atoms with Crippen molar-refractivity contribution in [3.05, 3.63) is 107 Å². The van der Waals surface area contributed by atoms with Gasteiger partial charge in [0.05, 0.1) is 23.9 Å². The topological polar surface area (TPSA) is 63.7 Å². The van der Waals surface area contributed by atoms with E-state index in [4.69, 9.17) is 4.74 Å². The van der Waals surface area contributed by atoms with E-state index in [0.29, 0.717) is 5.56 Å². The highest BCUT2D eigenvalue weighted by molar-refractivity contribution is 6.07. The van der Waals surface area contributed by atoms with Crippen LogP contribution in [0.3, 0.4) is 0 Å². The molecule has 3 aliphatic carbocycles. The van der Waals surface area contributed by atoms with Crippen molar-refractivity contribution in [3.63, 3.8) is 0 Å². The van der Waals surface area contributed by atoms with Crippen LogP contribution in [0, 0.1) is 11.8 Å². The van der Waals surface area contributed by atoms with Gasteiger partial charge in [-0.1, -0.05) is 66.7 Å². The van der Waals surface area contributed by atoms with Crippen molar-refractivity contribution < 1.29 is 19.1 Å². The Labute approximate surface area is 185 Å². The summed E-state index contributed by atoms with van der Waals surface area (Å²) in [7, 11) is 0. The van der Waals surface area contributed by atoms with Gasteiger partial charge in [0, 0.05) is 11.8 Å². The number of ether oxygens (including phenoxy) is 1. The van der Waals surface area contributed by atoms with Crippen molar-refractivity contribution in [1.82, 2.24) is 4.90 Å². The predicted octanol–water partition coefficient (Wildman–Crippen LogP) is 3.74. The molecule has 1 heterocycles. The molecule has 7 rings (SSSR count). The summed E-state index contributed by atoms with van der Waals surface area (Å²) in [5.41, 5.74) is 5.04. The lowest BCUT2D eigenvalue weighted by Gasteiger charge is -2.45. The summed E-state index contributed by atoms with van der Waals surface area (Å²) >= 11 is 0. The Morgan fingerprint density at radius 2 is 1.12 bits per heavy atom. The Morgan fingerprint density at radius 1 is 0.688 bits per heavy atom. The number of carbonyl (C=O) groups excluding carboxylic acids is 3. The molecule has 0 spiro atoms. The number of amides is 2. The Hall–Kier alpha value is -3.73. The average Bonchev–Trinajstić information content (AvgIpc) is 3.10. The molecule has 3 aromatic rings. The van der Waals surface area contributed by atoms with Gasteiger partial charge in [0.15, 0.2) is 0 Å². The molecule has 0 N–H and O–H groups in total. The number of hydrogen-bond donors (Lipinski definition) is 0. The highest BCUT2D eigenvalue weighted by Gasteiger charge is 2.61. The zero-order chi connectivity index (χ0) is 21.8. The van der Waals surface area contributed by atoms with Crippen molar-refractivity contribution in [2.24, 2.45) is 11.8 Å². The number of hydrogen-bond acceptors (Lipinski definition) is 4. The SMILES string of the molecule is O=C(OCCN1C(=O)[C@@H]2C3c4ccccc4C(c4ccccc43)[C@H]2C1=O)c1ccccc1. The largest absolute Gasteiger partial charge is 0.460 e. The number of likely N-dealkylation sites (tertiary alicyclic amines) is 1. The van der Waals surface area contributed by atoms with E-state index < -0.39 is 17.8 Å². The van der Waals surface area contributed by atoms with Gasteiger partial charge in [-0.3, -0.25) is 14.5 Å². The van der Waals surface area contributed by atoms with Gasteiger partial charge < -0.3 is 4.74 Å². The third-order valence-corrected chi connectivity index (χ3v) is 7.10. The highest BCUT2D eigenvalue weighted by Crippen LogP contribution is 2.60. The van der Waals surface area contributed by atoms with Gasteiger partial charge in [-0.15, -0.1) is 0 Å². The Bertz CT molecular complexity index is 1140. The fourth-order valence-electron chi connectivity index (χ4n) is 5.85. The van der Waals surface area contributed by atoms with Crippen LogP contribution in [0.2, 0.25) is 0 Å². The van der Waals surface area contributed by atoms with E-state index in [1.165, 1.54) is 4.90 Å². The lowest BCUT2D eigenvalue weighted by atomic mass is 9.55. The third kappa shape index (κ3) is 2.60. The van der Waals surface area contributed by atoms with Crippen molar-refractivity contribution in [2.45, 2.75) is 11.8 Å². The lowest BCUT2D eigenvalue weighted by molar-refractivity contribution is -0.140. The van der Waals surface area contributed by atoms with E-state index in [2.05, 4.69) is 24.3 Å². The number of esters is 1. The normalized spacial score (nSPS) is 24.7. The first-order valence-electron chi connectivity index (χ1n) is 10.9. The second-order valence-corrected chi connectivity index (χ2v) is 8.59. The van der Waals surface area contributed by atoms with E-state index in [-0.39, 0.29) is 36.8 Å². The monoisotopic (exact) mass is 423 g/mol. The first kappa shape index (κ1) is 19.0. The molecule has 0 radical (unpaired) electrons. The molecule has 5 nitrogen and oxygen atoms in total. The van der Waals surface area contributed by atoms with Gasteiger partial charge in [-0.05, 0) is 34.4 Å². The molecule has 0 aromatic heterocycles. The highest BCUT2D eigenvalue weighted by atomic mass is 16.5. The zero-order valence-corrected chi connectivity index (χ0v) is 17.3. The minimum absolute atomic E-state index is 0.0140. The summed E-state index contributed by atoms with van der Waals surface area (Å²) < 4.78 is 5.35. The second-order valence-electron chi connectivity index (χ2n) is 8.59. The van der Waals surface area contributed by atoms with Crippen LogP contribution < -0.4 is 0 Å². The van der Waals surface area contributed by atoms with Crippen LogP contribution in [0.5, 0.6) is 0 Å². The van der Waals surface area contributed by atoms with Crippen LogP contribution in [-0.4, -0.2) is 35.8 Å². The molecule has 2 atom stereocenters. The van der Waals surface area contributed by atoms with Crippen molar-refractivity contribution in [1.29, 1.82) is 0 Å². The van der Waals surface area contributed by atoms with E-state index in [9.17, 15) is 14.4 Å². The number of rotatable bonds is 4. The minimum atomic E-state index is -0.456. The molecule has 1 aliphatic heterocycles. The first-order valence-corrected chi connectivity index (χ1v) is 10.9. The van der Waals surface area contributed by atoms with E-state index in [1.54, 1.807) is 24.3 Å². The smallest absolute Gasteiger partial charge is 0.338 e. The molecular weight excluding hydrogens is 402 g/mol. The quantitative estimate of drug-likeness (QED) is 0.474. The van der Waals surface area contributed by atoms with E-state index >= 15 is 0 Å². The first-order chi connectivity index (χ1) is 15.7. The minimum Gasteiger partial charge on any atom is -0.460 e. The van der Waals surface area contributed by atoms with E-state index in [1.807, 2.05) is 30.3 Å². The molecule has 158 valence electrons. The molecule has 4 aliphatic rings. The van der Waals surface area contributed by atoms with Gasteiger partial charge >= 0.3 is 5.97 Å². The number of benzene rings is 3. The van der Waals surface area contributed by atoms with Gasteiger partial charge in [0.2, 0.25) is 11.8 Å². The van der Waals surface area contributed by atoms with Crippen LogP contribution >= 0.6 is 0 Å². The number of imide groups is 1. The van der Waals surface area contributed by atoms with Crippen LogP contribution in [0.15, 0.2) is 78.9 Å². The summed E-state index contributed by atoms with van der Waals surface area (Å²) in [5.74, 6) is -1.81. The molecule has 2 bridgehead atoms. The van der Waals surface area contributed by atoms with Crippen LogP contribution in [0.1, 0.15) is 44.4 Å². The fourth-order valence-corrected chi connectivity index (χ4v) is 5.85. The summed E-state index contributed by atoms with van der Waals surface area (Å²) in [5, 5.41) is 0. The average molecular weight is 423 g/mol. The molecule has 1 fully saturated rings. The van der Waals surface area contributed by atoms with Crippen molar-refractivity contribution in [2.75, 3.05) is 13.2 Å². The van der Waals surface area contributed by atoms with Gasteiger partial charge in [-0.25, -0.2) is 4.79 Å². The summed E-state index contributed by atoms with van der Waals surface area (Å²) in [6.07, 6.45) is 0. The predicted molar refractivity (Wildman–Crippen MR) is 117 cm³/mol. The molecular formula is C27H21NO4. The van der Waals surface area contributed by atoms with E-state index in [0.717, 1.165) is 22.3 Å². The molecule has 32 heavy (non-hydrogen) atoms. The third-order valence-electron chi connectivity index (χ3n) is 7.10. The summed E-state index contributed by atoms with van der Waals surface area (Å²) in [6.45, 7) is 0.0647. The standard InChI is InChI=1S/C27H21NO4/c29-25-23-21-17-10-4-5-11-18(17)22(20-13-7-6-12-19(20)21)24(23)26(30)28(25)14-15-32-27(31)16-8-2-1-3-9-16/h1-13,21-24H,14-15H2/t21?,22?,23-,24-/m1/s1. The van der Waals surface area contributed by atoms with Crippen LogP contribution in [0.25, 0.3) is 0 Å². The molecule has 0 saturated carbocycles. The maximum Gasteiger partial charge on any atom is 0.338 e. The Balaban J connectivity index is 1.28. The fraction of sp³-hybridized carbons (Fsp3) is 0.222. The van der Waals surface area contributed by atoms with Crippen LogP contribution in [-0.2, 0) is 14.3 Å². The summed E-state index contributed by atoms with van der Waals surface area (Å²) in [6, 6.07) is 25.0. The van der Waals surface area contributed by atoms with Crippen LogP contribution in [0.4, 0.5) is 0 Å². The Kier molecular flexibility index (Phi) is 4.25. The zero-order valence-electron chi connectivity index (χ0n) is 17.3. The summed E-state index contributed by atoms with van der Waals surface area (Å²) in [4.78, 5) is 40.5. The van der Waals surface area contributed by atoms with Crippen molar-refractivity contribution in [3.8, 4) is 0 Å². The van der Waals surface area contributed by atoms with Gasteiger partial charge in [0.1, 0.15) is 6.61 Å². The molecule has 3 aromatic carbocycles. The van der Waals surface area contributed by atoms with Crippen molar-refractivity contribution >= 4 is 17.8 Å². The molecule has 0 unspecified atom stereocenters.